The molecule has 1 aromatic heterocycles. The molecule has 4 aromatic rings. The molecule has 304 valence electrons. The zero-order chi connectivity index (χ0) is 41.0. The first-order valence-electron chi connectivity index (χ1n) is 19.4. The van der Waals surface area contributed by atoms with Crippen LogP contribution < -0.4 is 5.32 Å². The Balaban J connectivity index is 1.40. The lowest BCUT2D eigenvalue weighted by Crippen LogP contribution is -2.54. The van der Waals surface area contributed by atoms with Crippen LogP contribution in [0.5, 0.6) is 0 Å². The van der Waals surface area contributed by atoms with Crippen LogP contribution in [0.2, 0.25) is 5.02 Å². The van der Waals surface area contributed by atoms with E-state index >= 15 is 0 Å². The van der Waals surface area contributed by atoms with Crippen LogP contribution in [0.1, 0.15) is 97.5 Å². The molecule has 2 bridgehead atoms. The fourth-order valence-corrected chi connectivity index (χ4v) is 8.73. The highest BCUT2D eigenvalue weighted by molar-refractivity contribution is 6.33. The van der Waals surface area contributed by atoms with Gasteiger partial charge in [0.2, 0.25) is 5.78 Å². The van der Waals surface area contributed by atoms with E-state index in [0.29, 0.717) is 81.3 Å². The predicted octanol–water partition coefficient (Wildman–Crippen LogP) is 10.5. The fourth-order valence-electron chi connectivity index (χ4n) is 8.52. The van der Waals surface area contributed by atoms with Crippen molar-refractivity contribution < 1.29 is 42.1 Å². The summed E-state index contributed by atoms with van der Waals surface area (Å²) in [5.41, 5.74) is 0.392. The molecule has 3 aliphatic rings. The number of aliphatic hydroxyl groups excluding tert-OH is 1. The standard InChI is InChI=1S/C45H50ClF3N2O6/c1-29-9-7-21-43(2)37(20-22-44(43,55)28-51(23-8-24-56-3)42(54)50-32-10-5-4-6-11-32)34-16-13-30(25-33(52)15-12-29)26-35(34)41(53)40-19-18-39(57-40)36-27-31(45(47,48)49)14-17-38(36)46/h4-6,9-11,13-14,16-19,26-27,33,37,52,55H,7-8,12,15,20-25,28H2,1-3H3,(H,50,54). The number of urea groups is 1. The van der Waals surface area contributed by atoms with Crippen LogP contribution in [0.15, 0.2) is 94.9 Å². The van der Waals surface area contributed by atoms with Crippen molar-refractivity contribution in [2.45, 2.75) is 89.0 Å². The highest BCUT2D eigenvalue weighted by Gasteiger charge is 2.57. The molecule has 4 unspecified atom stereocenters. The molecule has 3 aliphatic carbocycles. The third-order valence-corrected chi connectivity index (χ3v) is 12.2. The summed E-state index contributed by atoms with van der Waals surface area (Å²) < 4.78 is 52.1. The molecule has 4 atom stereocenters. The number of benzene rings is 3. The number of carbonyl (C=O) groups is 2. The Morgan fingerprint density at radius 3 is 2.54 bits per heavy atom. The molecule has 0 radical (unpaired) electrons. The number of halogens is 4. The first-order chi connectivity index (χ1) is 27.1. The Labute approximate surface area is 336 Å². The van der Waals surface area contributed by atoms with Crippen LogP contribution in [0, 0.1) is 5.41 Å². The lowest BCUT2D eigenvalue weighted by molar-refractivity contribution is -0.137. The number of carbonyl (C=O) groups excluding carboxylic acids is 2. The molecule has 3 N–H and O–H groups in total. The van der Waals surface area contributed by atoms with Gasteiger partial charge < -0.3 is 29.6 Å². The van der Waals surface area contributed by atoms with Crippen molar-refractivity contribution in [2.24, 2.45) is 5.41 Å². The normalized spacial score (nSPS) is 22.7. The van der Waals surface area contributed by atoms with E-state index in [1.807, 2.05) is 44.2 Å². The van der Waals surface area contributed by atoms with E-state index in [9.17, 15) is 33.0 Å². The largest absolute Gasteiger partial charge is 0.453 e. The van der Waals surface area contributed by atoms with Gasteiger partial charge in [0, 0.05) is 42.5 Å². The molecule has 0 spiro atoms. The minimum absolute atomic E-state index is 0.000213. The molecule has 3 aromatic carbocycles. The number of allylic oxidation sites excluding steroid dienone is 2. The summed E-state index contributed by atoms with van der Waals surface area (Å²) in [6.45, 7) is 4.89. The molecule has 2 amide bonds. The quantitative estimate of drug-likeness (QED) is 0.0836. The van der Waals surface area contributed by atoms with E-state index in [0.717, 1.165) is 29.3 Å². The molecular weight excluding hydrogens is 757 g/mol. The Kier molecular flexibility index (Phi) is 13.0. The maximum atomic E-state index is 14.6. The first kappa shape index (κ1) is 42.2. The SMILES string of the molecule is COCCCN(CC1(O)CCC2c3ccc(cc3C(=O)c3ccc(-c4cc(C(F)(F)F)ccc4Cl)o3)CC(O)CCC(C)=CCCC21C)C(=O)Nc1ccccc1. The fraction of sp³-hybridized carbons (Fsp3) is 0.422. The Hall–Kier alpha value is -4.42. The molecule has 1 saturated carbocycles. The van der Waals surface area contributed by atoms with Gasteiger partial charge >= 0.3 is 12.2 Å². The molecular formula is C45H50ClF3N2O6. The van der Waals surface area contributed by atoms with Crippen molar-refractivity contribution in [2.75, 3.05) is 32.1 Å². The summed E-state index contributed by atoms with van der Waals surface area (Å²) in [6.07, 6.45) is 0.950. The second-order valence-electron chi connectivity index (χ2n) is 15.7. The number of rotatable bonds is 10. The summed E-state index contributed by atoms with van der Waals surface area (Å²) in [5.74, 6) is -0.912. The van der Waals surface area contributed by atoms with E-state index in [1.165, 1.54) is 12.1 Å². The van der Waals surface area contributed by atoms with Gasteiger partial charge in [-0.05, 0) is 124 Å². The Morgan fingerprint density at radius 2 is 1.81 bits per heavy atom. The molecule has 57 heavy (non-hydrogen) atoms. The molecule has 1 fully saturated rings. The van der Waals surface area contributed by atoms with E-state index < -0.39 is 34.6 Å². The molecule has 0 aliphatic heterocycles. The smallest absolute Gasteiger partial charge is 0.416 e. The number of hydrogen-bond donors (Lipinski definition) is 3. The third-order valence-electron chi connectivity index (χ3n) is 11.8. The number of furan rings is 1. The number of amides is 2. The van der Waals surface area contributed by atoms with Gasteiger partial charge in [0.1, 0.15) is 5.76 Å². The molecule has 8 nitrogen and oxygen atoms in total. The van der Waals surface area contributed by atoms with Gasteiger partial charge in [-0.25, -0.2) is 4.79 Å². The topological polar surface area (TPSA) is 112 Å². The number of methoxy groups -OCH3 is 1. The van der Waals surface area contributed by atoms with Crippen molar-refractivity contribution in [3.05, 3.63) is 124 Å². The number of hydrogen-bond acceptors (Lipinski definition) is 6. The van der Waals surface area contributed by atoms with E-state index in [4.69, 9.17) is 20.8 Å². The molecule has 0 saturated heterocycles. The van der Waals surface area contributed by atoms with E-state index in [2.05, 4.69) is 11.4 Å². The first-order valence-corrected chi connectivity index (χ1v) is 19.8. The van der Waals surface area contributed by atoms with Crippen molar-refractivity contribution in [3.63, 3.8) is 0 Å². The number of anilines is 1. The monoisotopic (exact) mass is 806 g/mol. The van der Waals surface area contributed by atoms with Gasteiger partial charge in [0.05, 0.1) is 28.8 Å². The maximum Gasteiger partial charge on any atom is 0.416 e. The average Bonchev–Trinajstić information content (AvgIpc) is 3.76. The van der Waals surface area contributed by atoms with Crippen LogP contribution in [-0.4, -0.2) is 65.4 Å². The van der Waals surface area contributed by atoms with Crippen molar-refractivity contribution in [1.82, 2.24) is 4.90 Å². The second-order valence-corrected chi connectivity index (χ2v) is 16.1. The summed E-state index contributed by atoms with van der Waals surface area (Å²) in [4.78, 5) is 30.1. The number of alkyl halides is 3. The predicted molar refractivity (Wildman–Crippen MR) is 215 cm³/mol. The second kappa shape index (κ2) is 17.6. The maximum absolute atomic E-state index is 14.6. The number of nitrogens with one attached hydrogen (secondary N) is 1. The van der Waals surface area contributed by atoms with Crippen LogP contribution in [0.4, 0.5) is 23.7 Å². The minimum atomic E-state index is -4.61. The lowest BCUT2D eigenvalue weighted by Gasteiger charge is -2.46. The highest BCUT2D eigenvalue weighted by atomic mass is 35.5. The van der Waals surface area contributed by atoms with Crippen molar-refractivity contribution >= 4 is 29.1 Å². The number of ketones is 1. The summed E-state index contributed by atoms with van der Waals surface area (Å²) in [7, 11) is 1.60. The zero-order valence-corrected chi connectivity index (χ0v) is 33.3. The molecule has 12 heteroatoms. The van der Waals surface area contributed by atoms with Crippen LogP contribution in [-0.2, 0) is 17.3 Å². The lowest BCUT2D eigenvalue weighted by atomic mass is 9.64. The Bertz CT molecular complexity index is 2080. The van der Waals surface area contributed by atoms with Crippen LogP contribution in [0.25, 0.3) is 11.3 Å². The number of aliphatic hydroxyl groups is 2. The van der Waals surface area contributed by atoms with Gasteiger partial charge in [-0.2, -0.15) is 13.2 Å². The summed E-state index contributed by atoms with van der Waals surface area (Å²) in [5, 5.41) is 26.9. The van der Waals surface area contributed by atoms with E-state index in [1.54, 1.807) is 30.2 Å². The van der Waals surface area contributed by atoms with Gasteiger partial charge in [0.25, 0.3) is 0 Å². The number of nitrogens with zero attached hydrogens (tertiary/aromatic N) is 1. The molecule has 7 rings (SSSR count). The van der Waals surface area contributed by atoms with Crippen LogP contribution >= 0.6 is 11.6 Å². The van der Waals surface area contributed by atoms with Crippen molar-refractivity contribution in [3.8, 4) is 11.3 Å². The summed E-state index contributed by atoms with van der Waals surface area (Å²) >= 11 is 6.33. The van der Waals surface area contributed by atoms with Crippen LogP contribution in [0.3, 0.4) is 0 Å². The van der Waals surface area contributed by atoms with E-state index in [-0.39, 0.29) is 40.6 Å². The number of para-hydroxylation sites is 1. The highest BCUT2D eigenvalue weighted by Crippen LogP contribution is 2.59. The van der Waals surface area contributed by atoms with Gasteiger partial charge in [-0.1, -0.05) is 60.5 Å². The van der Waals surface area contributed by atoms with Gasteiger partial charge in [-0.3, -0.25) is 4.79 Å². The Morgan fingerprint density at radius 1 is 1.04 bits per heavy atom. The minimum Gasteiger partial charge on any atom is -0.453 e. The number of fused-ring (bicyclic) bond motifs is 8. The number of ether oxygens (including phenoxy) is 1. The zero-order valence-electron chi connectivity index (χ0n) is 32.5. The van der Waals surface area contributed by atoms with Gasteiger partial charge in [0.15, 0.2) is 5.76 Å². The van der Waals surface area contributed by atoms with Gasteiger partial charge in [-0.15, -0.1) is 0 Å². The summed E-state index contributed by atoms with van der Waals surface area (Å²) in [6, 6.07) is 20.1. The van der Waals surface area contributed by atoms with Crippen molar-refractivity contribution in [1.29, 1.82) is 0 Å². The molecule has 1 heterocycles. The third kappa shape index (κ3) is 9.49. The average molecular weight is 807 g/mol.